The molecule has 0 aliphatic carbocycles. The summed E-state index contributed by atoms with van der Waals surface area (Å²) in [5.74, 6) is -80.4. The van der Waals surface area contributed by atoms with Gasteiger partial charge < -0.3 is 10.2 Å². The van der Waals surface area contributed by atoms with E-state index in [4.69, 9.17) is 0 Å². The Morgan fingerprint density at radius 1 is 0.327 bits per heavy atom. The number of hydrogen-bond acceptors (Lipinski definition) is 2. The second kappa shape index (κ2) is 12.4. The van der Waals surface area contributed by atoms with E-state index >= 15 is 0 Å². The molecule has 0 heterocycles. The van der Waals surface area contributed by atoms with Crippen LogP contribution in [0.25, 0.3) is 0 Å². The van der Waals surface area contributed by atoms with Crippen LogP contribution in [-0.4, -0.2) is 94.0 Å². The van der Waals surface area contributed by atoms with Crippen molar-refractivity contribution in [3.05, 3.63) is 0 Å². The minimum atomic E-state index is -8.43. The number of rotatable bonds is 16. The van der Waals surface area contributed by atoms with Crippen molar-refractivity contribution in [3.8, 4) is 0 Å². The van der Waals surface area contributed by atoms with Gasteiger partial charge in [-0.15, -0.1) is 0 Å². The van der Waals surface area contributed by atoms with Gasteiger partial charge >= 0.3 is 71.6 Å². The van der Waals surface area contributed by atoms with Crippen LogP contribution in [0.4, 0.5) is 114 Å². The molecule has 0 aliphatic heterocycles. The Morgan fingerprint density at radius 3 is 0.714 bits per heavy atom. The van der Waals surface area contributed by atoms with Crippen LogP contribution < -0.4 is 0 Å². The highest BCUT2D eigenvalue weighted by Crippen LogP contribution is 2.63. The second-order valence-electron chi connectivity index (χ2n) is 11.1. The normalized spacial score (nSPS) is 16.8. The lowest BCUT2D eigenvalue weighted by atomic mass is 9.69. The number of hydrogen-bond donors (Lipinski definition) is 2. The van der Waals surface area contributed by atoms with Crippen molar-refractivity contribution in [2.45, 2.75) is 117 Å². The first-order valence-corrected chi connectivity index (χ1v) is 12.0. The van der Waals surface area contributed by atoms with Gasteiger partial charge in [0.1, 0.15) is 0 Å². The number of halogens is 26. The van der Waals surface area contributed by atoms with Gasteiger partial charge in [-0.1, -0.05) is 13.8 Å². The monoisotopic (exact) mass is 796 g/mol. The molecule has 0 rings (SSSR count). The van der Waals surface area contributed by atoms with Crippen molar-refractivity contribution in [1.29, 1.82) is 0 Å². The van der Waals surface area contributed by atoms with E-state index in [0.717, 1.165) is 0 Å². The van der Waals surface area contributed by atoms with Gasteiger partial charge in [-0.3, -0.25) is 0 Å². The van der Waals surface area contributed by atoms with Crippen LogP contribution in [0, 0.1) is 5.41 Å². The van der Waals surface area contributed by atoms with E-state index in [1.54, 1.807) is 0 Å². The van der Waals surface area contributed by atoms with Crippen LogP contribution in [0.2, 0.25) is 0 Å². The summed E-state index contributed by atoms with van der Waals surface area (Å²) in [6.45, 7) is -1.44. The Hall–Kier alpha value is -1.90. The Bertz CT molecular complexity index is 1070. The smallest absolute Gasteiger partial charge is 0.396 e. The highest BCUT2D eigenvalue weighted by molar-refractivity contribution is 5.12. The molecule has 0 atom stereocenters. The molecule has 0 unspecified atom stereocenters. The summed E-state index contributed by atoms with van der Waals surface area (Å²) in [4.78, 5) is 0. The number of aliphatic hydroxyl groups excluding tert-OH is 1. The molecule has 2 N–H and O–H groups in total. The summed E-state index contributed by atoms with van der Waals surface area (Å²) < 4.78 is 346. The quantitative estimate of drug-likeness (QED) is 0.153. The molecule has 0 fully saturated rings. The Morgan fingerprint density at radius 2 is 0.531 bits per heavy atom. The first-order chi connectivity index (χ1) is 20.7. The van der Waals surface area contributed by atoms with Crippen LogP contribution in [0.5, 0.6) is 0 Å². The average Bonchev–Trinajstić information content (AvgIpc) is 2.88. The summed E-state index contributed by atoms with van der Waals surface area (Å²) in [5.41, 5.74) is -7.14. The molecular weight excluding hydrogens is 778 g/mol. The van der Waals surface area contributed by atoms with Crippen LogP contribution in [0.15, 0.2) is 0 Å². The summed E-state index contributed by atoms with van der Waals surface area (Å²) >= 11 is 0. The van der Waals surface area contributed by atoms with Crippen molar-refractivity contribution in [2.75, 3.05) is 6.61 Å². The third kappa shape index (κ3) is 6.89. The van der Waals surface area contributed by atoms with E-state index in [2.05, 4.69) is 0 Å². The van der Waals surface area contributed by atoms with Crippen molar-refractivity contribution < 1.29 is 124 Å². The third-order valence-corrected chi connectivity index (χ3v) is 7.36. The standard InChI is InChI=1S/C21H18F26O2/c1-8(2,7-48)9(49,3-5-10(22,23)12(26,27)14(30,31)16(34,35)18(38,39)20(42,43)44)4-6-11(24,25)13(28,29)15(32,33)17(36,37)19(40,41)21(45,46)47/h48-49H,3-7H2,1-2H3. The predicted molar refractivity (Wildman–Crippen MR) is 106 cm³/mol. The van der Waals surface area contributed by atoms with E-state index in [1.165, 1.54) is 0 Å². The fourth-order valence-electron chi connectivity index (χ4n) is 3.59. The second-order valence-corrected chi connectivity index (χ2v) is 11.1. The van der Waals surface area contributed by atoms with Crippen LogP contribution in [-0.2, 0) is 0 Å². The van der Waals surface area contributed by atoms with Gasteiger partial charge in [0, 0.05) is 18.3 Å². The van der Waals surface area contributed by atoms with Gasteiger partial charge in [0.2, 0.25) is 0 Å². The molecule has 2 nitrogen and oxygen atoms in total. The summed E-state index contributed by atoms with van der Waals surface area (Å²) in [7, 11) is 0. The van der Waals surface area contributed by atoms with E-state index in [9.17, 15) is 124 Å². The van der Waals surface area contributed by atoms with Crippen LogP contribution in [0.3, 0.4) is 0 Å². The lowest BCUT2D eigenvalue weighted by Crippen LogP contribution is -2.70. The summed E-state index contributed by atoms with van der Waals surface area (Å²) in [6, 6.07) is 0. The molecule has 0 aromatic carbocycles. The molecule has 0 saturated carbocycles. The maximum Gasteiger partial charge on any atom is 0.460 e. The minimum Gasteiger partial charge on any atom is -0.396 e. The zero-order valence-electron chi connectivity index (χ0n) is 23.3. The van der Waals surface area contributed by atoms with Crippen molar-refractivity contribution in [2.24, 2.45) is 5.41 Å². The first-order valence-electron chi connectivity index (χ1n) is 12.0. The zero-order valence-corrected chi connectivity index (χ0v) is 23.3. The highest BCUT2D eigenvalue weighted by Gasteiger charge is 2.92. The molecule has 0 aliphatic rings. The Labute approximate surface area is 254 Å². The maximum absolute atomic E-state index is 14.2. The van der Waals surface area contributed by atoms with E-state index in [-0.39, 0.29) is 13.8 Å². The highest BCUT2D eigenvalue weighted by atomic mass is 19.4. The molecule has 0 bridgehead atoms. The number of aliphatic hydroxyl groups is 2. The van der Waals surface area contributed by atoms with Crippen LogP contribution >= 0.6 is 0 Å². The molecule has 0 aromatic heterocycles. The van der Waals surface area contributed by atoms with Crippen LogP contribution in [0.1, 0.15) is 39.5 Å². The fourth-order valence-corrected chi connectivity index (χ4v) is 3.59. The molecule has 0 amide bonds. The molecule has 296 valence electrons. The largest absolute Gasteiger partial charge is 0.460 e. The lowest BCUT2D eigenvalue weighted by molar-refractivity contribution is -0.441. The molecule has 0 radical (unpaired) electrons. The Balaban J connectivity index is 6.80. The van der Waals surface area contributed by atoms with Gasteiger partial charge in [-0.25, -0.2) is 0 Å². The van der Waals surface area contributed by atoms with Gasteiger partial charge in [-0.05, 0) is 12.8 Å². The first kappa shape index (κ1) is 47.1. The SMILES string of the molecule is CC(C)(CO)C(O)(CCC(F)(F)C(F)(F)C(F)(F)C(F)(F)C(F)(F)C(F)(F)F)CCC(F)(F)C(F)(F)C(F)(F)C(F)(F)C(F)(F)C(F)(F)F. The fraction of sp³-hybridized carbons (Fsp3) is 1.00. The van der Waals surface area contributed by atoms with Crippen molar-refractivity contribution >= 4 is 0 Å². The van der Waals surface area contributed by atoms with E-state index in [1.807, 2.05) is 0 Å². The van der Waals surface area contributed by atoms with Crippen molar-refractivity contribution in [1.82, 2.24) is 0 Å². The molecular formula is C21H18F26O2. The molecule has 49 heavy (non-hydrogen) atoms. The molecule has 0 saturated heterocycles. The lowest BCUT2D eigenvalue weighted by Gasteiger charge is -2.45. The van der Waals surface area contributed by atoms with Gasteiger partial charge in [0.05, 0.1) is 12.2 Å². The molecule has 0 aromatic rings. The van der Waals surface area contributed by atoms with Gasteiger partial charge in [0.15, 0.2) is 0 Å². The zero-order chi connectivity index (χ0) is 40.5. The molecule has 28 heteroatoms. The van der Waals surface area contributed by atoms with Gasteiger partial charge in [0.25, 0.3) is 0 Å². The Kier molecular flexibility index (Phi) is 11.9. The summed E-state index contributed by atoms with van der Waals surface area (Å²) in [5, 5.41) is 19.7. The molecule has 0 spiro atoms. The van der Waals surface area contributed by atoms with E-state index in [0.29, 0.717) is 0 Å². The topological polar surface area (TPSA) is 40.5 Å². The van der Waals surface area contributed by atoms with Crippen molar-refractivity contribution in [3.63, 3.8) is 0 Å². The minimum absolute atomic E-state index is 0.221. The number of alkyl halides is 26. The van der Waals surface area contributed by atoms with Gasteiger partial charge in [-0.2, -0.15) is 114 Å². The summed E-state index contributed by atoms with van der Waals surface area (Å²) in [6.07, 6.45) is -28.0. The average molecular weight is 796 g/mol. The van der Waals surface area contributed by atoms with E-state index < -0.39 is 115 Å². The predicted octanol–water partition coefficient (Wildman–Crippen LogP) is 9.77. The third-order valence-electron chi connectivity index (χ3n) is 7.36. The maximum atomic E-state index is 14.2.